The Morgan fingerprint density at radius 3 is 2.07 bits per heavy atom. The highest BCUT2D eigenvalue weighted by Gasteiger charge is 2.48. The number of methoxy groups -OCH3 is 1. The molecule has 12 nitrogen and oxygen atoms in total. The van der Waals surface area contributed by atoms with E-state index in [1.165, 1.54) is 35.8 Å². The molecule has 1 amide bonds. The predicted octanol–water partition coefficient (Wildman–Crippen LogP) is 5.19. The van der Waals surface area contributed by atoms with Crippen molar-refractivity contribution in [2.24, 2.45) is 0 Å². The van der Waals surface area contributed by atoms with Crippen LogP contribution in [0.4, 0.5) is 5.82 Å². The van der Waals surface area contributed by atoms with Gasteiger partial charge in [0, 0.05) is 24.7 Å². The van der Waals surface area contributed by atoms with Crippen LogP contribution in [0.25, 0.3) is 0 Å². The normalized spacial score (nSPS) is 20.3. The molecule has 1 aromatic heterocycles. The van der Waals surface area contributed by atoms with E-state index in [1.807, 2.05) is 0 Å². The molecule has 44 heavy (non-hydrogen) atoms. The van der Waals surface area contributed by atoms with E-state index >= 15 is 0 Å². The standard InChI is InChI=1S/C31H36N3O9P/c1-20(2)42-44(38,43-21(3)4)19-17-24-26(41-30(36)23-14-10-7-11-15-23)27(39-5)29(40-24)34-18-16-25(33-31(34)37)32-28(35)22-12-8-6-9-13-22/h6-21,24,26-27,29H,1-5H3,(H,32,33,35,37)/t24-,26-,27-,29-/m1/s1. The van der Waals surface area contributed by atoms with Crippen molar-refractivity contribution in [3.8, 4) is 0 Å². The third-order valence-corrected chi connectivity index (χ3v) is 8.27. The summed E-state index contributed by atoms with van der Waals surface area (Å²) in [7, 11) is -2.35. The fraction of sp³-hybridized carbons (Fsp3) is 0.355. The summed E-state index contributed by atoms with van der Waals surface area (Å²) in [5.74, 6) is 0.217. The number of rotatable bonds is 12. The average Bonchev–Trinajstić information content (AvgIpc) is 3.32. The average molecular weight is 626 g/mol. The van der Waals surface area contributed by atoms with E-state index in [1.54, 1.807) is 88.4 Å². The van der Waals surface area contributed by atoms with Crippen LogP contribution in [0.2, 0.25) is 0 Å². The van der Waals surface area contributed by atoms with Crippen molar-refractivity contribution >= 4 is 25.3 Å². The van der Waals surface area contributed by atoms with E-state index in [9.17, 15) is 18.9 Å². The molecule has 0 spiro atoms. The number of aromatic nitrogens is 2. The molecular formula is C31H36N3O9P. The first kappa shape index (κ1) is 33.0. The maximum absolute atomic E-state index is 13.5. The van der Waals surface area contributed by atoms with Crippen LogP contribution in [0.5, 0.6) is 0 Å². The van der Waals surface area contributed by atoms with Crippen molar-refractivity contribution in [1.29, 1.82) is 0 Å². The summed E-state index contributed by atoms with van der Waals surface area (Å²) in [6.45, 7) is 6.90. The molecule has 0 saturated carbocycles. The molecule has 1 aliphatic heterocycles. The van der Waals surface area contributed by atoms with E-state index in [0.717, 1.165) is 0 Å². The molecular weight excluding hydrogens is 589 g/mol. The van der Waals surface area contributed by atoms with Gasteiger partial charge in [-0.25, -0.2) is 9.59 Å². The van der Waals surface area contributed by atoms with Gasteiger partial charge in [0.25, 0.3) is 5.91 Å². The molecule has 2 aromatic carbocycles. The Morgan fingerprint density at radius 1 is 0.932 bits per heavy atom. The maximum Gasteiger partial charge on any atom is 0.354 e. The fourth-order valence-electron chi connectivity index (χ4n) is 4.52. The molecule has 4 atom stereocenters. The second kappa shape index (κ2) is 14.7. The Labute approximate surface area is 255 Å². The van der Waals surface area contributed by atoms with Gasteiger partial charge in [-0.3, -0.25) is 13.9 Å². The summed E-state index contributed by atoms with van der Waals surface area (Å²) in [5.41, 5.74) is -0.0598. The molecule has 3 aromatic rings. The summed E-state index contributed by atoms with van der Waals surface area (Å²) in [4.78, 5) is 42.8. The monoisotopic (exact) mass is 625 g/mol. The van der Waals surface area contributed by atoms with Gasteiger partial charge in [0.05, 0.1) is 17.8 Å². The molecule has 1 saturated heterocycles. The maximum atomic E-state index is 13.5. The Bertz CT molecular complexity index is 1550. The molecule has 1 aliphatic rings. The Morgan fingerprint density at radius 2 is 1.52 bits per heavy atom. The van der Waals surface area contributed by atoms with Crippen LogP contribution in [-0.4, -0.2) is 59.1 Å². The zero-order valence-corrected chi connectivity index (χ0v) is 26.0. The quantitative estimate of drug-likeness (QED) is 0.211. The molecule has 4 rings (SSSR count). The predicted molar refractivity (Wildman–Crippen MR) is 162 cm³/mol. The summed E-state index contributed by atoms with van der Waals surface area (Å²) in [6, 6.07) is 18.3. The lowest BCUT2D eigenvalue weighted by molar-refractivity contribution is -0.0524. The minimum Gasteiger partial charge on any atom is -0.453 e. The van der Waals surface area contributed by atoms with Crippen LogP contribution >= 0.6 is 7.60 Å². The van der Waals surface area contributed by atoms with Gasteiger partial charge in [0.2, 0.25) is 0 Å². The second-order valence-corrected chi connectivity index (χ2v) is 12.2. The van der Waals surface area contributed by atoms with Crippen LogP contribution < -0.4 is 11.0 Å². The van der Waals surface area contributed by atoms with Gasteiger partial charge in [-0.1, -0.05) is 36.4 Å². The minimum absolute atomic E-state index is 0.0353. The van der Waals surface area contributed by atoms with E-state index in [-0.39, 0.29) is 5.82 Å². The number of anilines is 1. The molecule has 0 aliphatic carbocycles. The number of nitrogens with zero attached hydrogens (tertiary/aromatic N) is 2. The highest BCUT2D eigenvalue weighted by Crippen LogP contribution is 2.52. The molecule has 0 bridgehead atoms. The van der Waals surface area contributed by atoms with Gasteiger partial charge >= 0.3 is 19.3 Å². The van der Waals surface area contributed by atoms with Crippen molar-refractivity contribution in [2.45, 2.75) is 64.4 Å². The second-order valence-electron chi connectivity index (χ2n) is 10.4. The van der Waals surface area contributed by atoms with E-state index < -0.39 is 61.9 Å². The zero-order chi connectivity index (χ0) is 31.9. The number of carbonyl (C=O) groups is 2. The van der Waals surface area contributed by atoms with E-state index in [0.29, 0.717) is 11.1 Å². The van der Waals surface area contributed by atoms with Crippen LogP contribution in [0.3, 0.4) is 0 Å². The van der Waals surface area contributed by atoms with Gasteiger partial charge in [-0.2, -0.15) is 4.98 Å². The Balaban J connectivity index is 1.65. The van der Waals surface area contributed by atoms with Gasteiger partial charge in [-0.15, -0.1) is 0 Å². The molecule has 1 fully saturated rings. The van der Waals surface area contributed by atoms with Crippen LogP contribution in [0.1, 0.15) is 54.6 Å². The van der Waals surface area contributed by atoms with Crippen molar-refractivity contribution < 1.29 is 37.4 Å². The lowest BCUT2D eigenvalue weighted by atomic mass is 10.1. The fourth-order valence-corrected chi connectivity index (χ4v) is 6.27. The number of hydrogen-bond donors (Lipinski definition) is 1. The first-order valence-electron chi connectivity index (χ1n) is 14.1. The van der Waals surface area contributed by atoms with Gasteiger partial charge in [0.1, 0.15) is 18.0 Å². The number of nitrogens with one attached hydrogen (secondary N) is 1. The van der Waals surface area contributed by atoms with Gasteiger partial charge < -0.3 is 28.6 Å². The van der Waals surface area contributed by atoms with Crippen LogP contribution in [0, 0.1) is 0 Å². The number of hydrogen-bond acceptors (Lipinski definition) is 10. The Hall–Kier alpha value is -3.93. The highest BCUT2D eigenvalue weighted by molar-refractivity contribution is 7.57. The van der Waals surface area contributed by atoms with Crippen molar-refractivity contribution in [1.82, 2.24) is 9.55 Å². The third-order valence-electron chi connectivity index (χ3n) is 6.31. The lowest BCUT2D eigenvalue weighted by Crippen LogP contribution is -2.39. The molecule has 13 heteroatoms. The van der Waals surface area contributed by atoms with Crippen LogP contribution in [-0.2, 0) is 27.8 Å². The summed E-state index contributed by atoms with van der Waals surface area (Å²) >= 11 is 0. The number of ether oxygens (including phenoxy) is 3. The van der Waals surface area contributed by atoms with Crippen molar-refractivity contribution in [2.75, 3.05) is 12.4 Å². The lowest BCUT2D eigenvalue weighted by Gasteiger charge is -2.23. The number of esters is 1. The first-order valence-corrected chi connectivity index (χ1v) is 15.7. The minimum atomic E-state index is -3.74. The van der Waals surface area contributed by atoms with Crippen molar-refractivity contribution in [3.05, 3.63) is 106 Å². The number of carbonyl (C=O) groups excluding carboxylic acids is 2. The van der Waals surface area contributed by atoms with E-state index in [2.05, 4.69) is 10.3 Å². The number of amides is 1. The third kappa shape index (κ3) is 8.37. The molecule has 2 heterocycles. The molecule has 0 radical (unpaired) electrons. The highest BCUT2D eigenvalue weighted by atomic mass is 31.2. The summed E-state index contributed by atoms with van der Waals surface area (Å²) < 4.78 is 43.6. The van der Waals surface area contributed by atoms with Crippen molar-refractivity contribution in [3.63, 3.8) is 0 Å². The van der Waals surface area contributed by atoms with Gasteiger partial charge in [-0.05, 0) is 64.1 Å². The number of benzene rings is 2. The molecule has 1 N–H and O–H groups in total. The topological polar surface area (TPSA) is 144 Å². The van der Waals surface area contributed by atoms with E-state index in [4.69, 9.17) is 23.3 Å². The summed E-state index contributed by atoms with van der Waals surface area (Å²) in [6.07, 6.45) is -2.21. The SMILES string of the molecule is CO[C@@H]1[C@H](OC(=O)c2ccccc2)[C@@H](C=CP(=O)(OC(C)C)OC(C)C)O[C@H]1n1ccc(NC(=O)c2ccccc2)nc1=O. The molecule has 0 unspecified atom stereocenters. The zero-order valence-electron chi connectivity index (χ0n) is 25.1. The largest absolute Gasteiger partial charge is 0.453 e. The summed E-state index contributed by atoms with van der Waals surface area (Å²) in [5, 5.41) is 2.60. The van der Waals surface area contributed by atoms with Crippen LogP contribution in [0.15, 0.2) is 89.6 Å². The molecule has 234 valence electrons. The Kier molecular flexibility index (Phi) is 11.0. The smallest absolute Gasteiger partial charge is 0.354 e. The first-order chi connectivity index (χ1) is 21.0. The van der Waals surface area contributed by atoms with Gasteiger partial charge in [0.15, 0.2) is 12.3 Å².